The summed E-state index contributed by atoms with van der Waals surface area (Å²) in [6.45, 7) is 5.80. The van der Waals surface area contributed by atoms with Crippen LogP contribution in [-0.2, 0) is 10.0 Å². The molecule has 0 saturated carbocycles. The minimum Gasteiger partial charge on any atom is -0.391 e. The Balaban J connectivity index is 1.48. The Hall–Kier alpha value is -2.89. The van der Waals surface area contributed by atoms with Gasteiger partial charge in [-0.15, -0.1) is 0 Å². The molecule has 1 aromatic carbocycles. The summed E-state index contributed by atoms with van der Waals surface area (Å²) in [5, 5.41) is 15.3. The average Bonchev–Trinajstić information content (AvgIpc) is 3.40. The molecule has 3 aromatic rings. The number of nitrogens with zero attached hydrogens (tertiary/aromatic N) is 5. The molecule has 198 valence electrons. The van der Waals surface area contributed by atoms with E-state index < -0.39 is 10.0 Å². The van der Waals surface area contributed by atoms with Crippen molar-refractivity contribution in [2.75, 3.05) is 35.5 Å². The van der Waals surface area contributed by atoms with Crippen molar-refractivity contribution in [1.29, 1.82) is 0 Å². The monoisotopic (exact) mass is 546 g/mol. The number of aliphatic hydroxyl groups excluding tert-OH is 1. The first kappa shape index (κ1) is 25.7. The number of amides is 1. The van der Waals surface area contributed by atoms with Crippen LogP contribution in [-0.4, -0.2) is 70.9 Å². The second-order valence-electron chi connectivity index (χ2n) is 10.1. The van der Waals surface area contributed by atoms with E-state index in [4.69, 9.17) is 21.7 Å². The topological polar surface area (TPSA) is 120 Å². The average molecular weight is 547 g/mol. The standard InChI is InChI=1S/C25H31ClN6O4S/c1-15-12-30(14-22(15)33)24-16(2)13-32-23(27-24)11-20(28-32)21-6-4-5-9-31(21)25(34)18-10-17(26)7-8-19(18)29-37(3,35)36/h7-8,10-11,13,15,21-22,29,33H,4-6,9,12,14H2,1-3H3/t15-,21-,22-/m0/s1. The van der Waals surface area contributed by atoms with Gasteiger partial charge >= 0.3 is 0 Å². The molecule has 37 heavy (non-hydrogen) atoms. The van der Waals surface area contributed by atoms with Crippen LogP contribution in [0.2, 0.25) is 5.02 Å². The van der Waals surface area contributed by atoms with Crippen LogP contribution in [0.4, 0.5) is 11.5 Å². The highest BCUT2D eigenvalue weighted by Gasteiger charge is 2.33. The zero-order valence-electron chi connectivity index (χ0n) is 21.1. The number of β-amino-alcohol motifs (C(OH)–C–C–N with tert-alkyl or cyclic N) is 1. The smallest absolute Gasteiger partial charge is 0.256 e. The maximum Gasteiger partial charge on any atom is 0.256 e. The fourth-order valence-corrected chi connectivity index (χ4v) is 5.99. The Bertz CT molecular complexity index is 1450. The number of aliphatic hydroxyl groups is 1. The van der Waals surface area contributed by atoms with Crippen molar-refractivity contribution in [3.05, 3.63) is 52.3 Å². The summed E-state index contributed by atoms with van der Waals surface area (Å²) < 4.78 is 28.0. The SMILES string of the molecule is Cc1cn2nc([C@@H]3CCCCN3C(=O)c3cc(Cl)ccc3NS(C)(=O)=O)cc2nc1N1C[C@H](C)[C@@H](O)C1. The van der Waals surface area contributed by atoms with Gasteiger partial charge in [-0.25, -0.2) is 17.9 Å². The summed E-state index contributed by atoms with van der Waals surface area (Å²) in [6.07, 6.45) is 5.09. The summed E-state index contributed by atoms with van der Waals surface area (Å²) in [6, 6.07) is 6.17. The van der Waals surface area contributed by atoms with Gasteiger partial charge in [-0.05, 0) is 44.4 Å². The van der Waals surface area contributed by atoms with Gasteiger partial charge in [-0.2, -0.15) is 5.10 Å². The number of carbonyl (C=O) groups is 1. The quantitative estimate of drug-likeness (QED) is 0.504. The maximum absolute atomic E-state index is 13.8. The molecular weight excluding hydrogens is 516 g/mol. The van der Waals surface area contributed by atoms with E-state index in [1.54, 1.807) is 15.5 Å². The molecule has 10 nitrogen and oxygen atoms in total. The van der Waals surface area contributed by atoms with Gasteiger partial charge in [-0.3, -0.25) is 9.52 Å². The van der Waals surface area contributed by atoms with Gasteiger partial charge in [0.2, 0.25) is 10.0 Å². The third kappa shape index (κ3) is 5.25. The molecule has 12 heteroatoms. The molecule has 2 aliphatic heterocycles. The molecule has 0 aliphatic carbocycles. The number of fused-ring (bicyclic) bond motifs is 1. The van der Waals surface area contributed by atoms with Gasteiger partial charge in [0.1, 0.15) is 5.82 Å². The molecule has 0 spiro atoms. The summed E-state index contributed by atoms with van der Waals surface area (Å²) in [7, 11) is -3.59. The number of aryl methyl sites for hydroxylation is 1. The third-order valence-corrected chi connectivity index (χ3v) is 7.93. The molecular formula is C25H31ClN6O4S. The van der Waals surface area contributed by atoms with Crippen LogP contribution in [0.1, 0.15) is 53.8 Å². The van der Waals surface area contributed by atoms with E-state index in [2.05, 4.69) is 9.62 Å². The van der Waals surface area contributed by atoms with Crippen LogP contribution >= 0.6 is 11.6 Å². The lowest BCUT2D eigenvalue weighted by molar-refractivity contribution is 0.0607. The number of aromatic nitrogens is 3. The molecule has 2 saturated heterocycles. The number of hydrogen-bond donors (Lipinski definition) is 2. The first-order valence-corrected chi connectivity index (χ1v) is 14.7. The number of hydrogen-bond acceptors (Lipinski definition) is 7. The van der Waals surface area contributed by atoms with Gasteiger partial charge in [0.05, 0.1) is 35.3 Å². The maximum atomic E-state index is 13.8. The van der Waals surface area contributed by atoms with Crippen molar-refractivity contribution in [1.82, 2.24) is 19.5 Å². The highest BCUT2D eigenvalue weighted by atomic mass is 35.5. The van der Waals surface area contributed by atoms with E-state index in [0.29, 0.717) is 23.8 Å². The fraction of sp³-hybridized carbons (Fsp3) is 0.480. The highest BCUT2D eigenvalue weighted by molar-refractivity contribution is 7.92. The van der Waals surface area contributed by atoms with Crippen LogP contribution in [0.25, 0.3) is 5.65 Å². The Morgan fingerprint density at radius 3 is 2.70 bits per heavy atom. The molecule has 2 N–H and O–H groups in total. The van der Waals surface area contributed by atoms with Gasteiger partial charge in [0.25, 0.3) is 5.91 Å². The molecule has 3 atom stereocenters. The van der Waals surface area contributed by atoms with E-state index in [-0.39, 0.29) is 35.2 Å². The fourth-order valence-electron chi connectivity index (χ4n) is 5.24. The molecule has 0 unspecified atom stereocenters. The number of sulfonamides is 1. The minimum atomic E-state index is -3.59. The van der Waals surface area contributed by atoms with E-state index in [0.717, 1.165) is 49.1 Å². The van der Waals surface area contributed by atoms with Gasteiger partial charge < -0.3 is 14.9 Å². The highest BCUT2D eigenvalue weighted by Crippen LogP contribution is 2.34. The predicted molar refractivity (Wildman–Crippen MR) is 143 cm³/mol. The number of halogens is 1. The van der Waals surface area contributed by atoms with Crippen molar-refractivity contribution >= 4 is 44.7 Å². The van der Waals surface area contributed by atoms with Crippen LogP contribution in [0.5, 0.6) is 0 Å². The second kappa shape index (κ2) is 9.77. The lowest BCUT2D eigenvalue weighted by Gasteiger charge is -2.35. The van der Waals surface area contributed by atoms with E-state index in [1.807, 2.05) is 26.1 Å². The van der Waals surface area contributed by atoms with Crippen LogP contribution in [0.15, 0.2) is 30.5 Å². The Morgan fingerprint density at radius 2 is 2.00 bits per heavy atom. The summed E-state index contributed by atoms with van der Waals surface area (Å²) in [4.78, 5) is 22.5. The minimum absolute atomic E-state index is 0.174. The summed E-state index contributed by atoms with van der Waals surface area (Å²) in [5.74, 6) is 0.697. The Kier molecular flexibility index (Phi) is 6.80. The molecule has 4 heterocycles. The van der Waals surface area contributed by atoms with E-state index in [9.17, 15) is 18.3 Å². The van der Waals surface area contributed by atoms with Gasteiger partial charge in [0, 0.05) is 48.4 Å². The number of piperidine rings is 1. The van der Waals surface area contributed by atoms with Crippen molar-refractivity contribution in [2.24, 2.45) is 5.92 Å². The molecule has 0 bridgehead atoms. The van der Waals surface area contributed by atoms with E-state index >= 15 is 0 Å². The van der Waals surface area contributed by atoms with Crippen molar-refractivity contribution in [3.63, 3.8) is 0 Å². The largest absolute Gasteiger partial charge is 0.391 e. The zero-order chi connectivity index (χ0) is 26.5. The van der Waals surface area contributed by atoms with E-state index in [1.165, 1.54) is 12.1 Å². The number of carbonyl (C=O) groups excluding carboxylic acids is 1. The van der Waals surface area contributed by atoms with Gasteiger partial charge in [-0.1, -0.05) is 18.5 Å². The van der Waals surface area contributed by atoms with Crippen LogP contribution in [0, 0.1) is 12.8 Å². The number of anilines is 2. The number of rotatable bonds is 5. The first-order chi connectivity index (χ1) is 17.5. The molecule has 2 aliphatic rings. The van der Waals surface area contributed by atoms with Gasteiger partial charge in [0.15, 0.2) is 5.65 Å². The predicted octanol–water partition coefficient (Wildman–Crippen LogP) is 3.25. The number of likely N-dealkylation sites (tertiary alicyclic amines) is 1. The number of benzene rings is 1. The summed E-state index contributed by atoms with van der Waals surface area (Å²) in [5.41, 5.74) is 2.75. The number of nitrogens with one attached hydrogen (secondary N) is 1. The zero-order valence-corrected chi connectivity index (χ0v) is 22.6. The first-order valence-electron chi connectivity index (χ1n) is 12.4. The van der Waals surface area contributed by atoms with Crippen molar-refractivity contribution < 1.29 is 18.3 Å². The van der Waals surface area contributed by atoms with Crippen molar-refractivity contribution in [2.45, 2.75) is 45.3 Å². The molecule has 2 aromatic heterocycles. The van der Waals surface area contributed by atoms with Crippen LogP contribution < -0.4 is 9.62 Å². The second-order valence-corrected chi connectivity index (χ2v) is 12.3. The van der Waals surface area contributed by atoms with Crippen molar-refractivity contribution in [3.8, 4) is 0 Å². The third-order valence-electron chi connectivity index (χ3n) is 7.11. The Labute approximate surface area is 221 Å². The van der Waals surface area contributed by atoms with Crippen LogP contribution in [0.3, 0.4) is 0 Å². The lowest BCUT2D eigenvalue weighted by atomic mass is 9.98. The Morgan fingerprint density at radius 1 is 1.22 bits per heavy atom. The summed E-state index contributed by atoms with van der Waals surface area (Å²) >= 11 is 6.19. The lowest BCUT2D eigenvalue weighted by Crippen LogP contribution is -2.39. The molecule has 1 amide bonds. The molecule has 5 rings (SSSR count). The normalized spacial score (nSPS) is 22.6. The molecule has 0 radical (unpaired) electrons. The molecule has 2 fully saturated rings.